The van der Waals surface area contributed by atoms with Gasteiger partial charge in [-0.15, -0.1) is 0 Å². The largest absolute Gasteiger partial charge is 0.341 e. The van der Waals surface area contributed by atoms with E-state index in [1.54, 1.807) is 12.3 Å². The Morgan fingerprint density at radius 2 is 1.80 bits per heavy atom. The second-order valence-corrected chi connectivity index (χ2v) is 6.60. The van der Waals surface area contributed by atoms with Crippen molar-refractivity contribution in [2.45, 2.75) is 45.6 Å². The van der Waals surface area contributed by atoms with Crippen LogP contribution in [0.25, 0.3) is 0 Å². The fraction of sp³-hybridized carbons (Fsp3) is 0.350. The molecule has 1 heterocycles. The summed E-state index contributed by atoms with van der Waals surface area (Å²) in [7, 11) is 0. The van der Waals surface area contributed by atoms with E-state index in [1.807, 2.05) is 26.0 Å². The molecule has 2 N–H and O–H groups in total. The monoisotopic (exact) mass is 337 g/mol. The van der Waals surface area contributed by atoms with Crippen molar-refractivity contribution in [3.8, 4) is 0 Å². The van der Waals surface area contributed by atoms with Crippen LogP contribution in [0.2, 0.25) is 0 Å². The topological polar surface area (TPSA) is 71.1 Å². The van der Waals surface area contributed by atoms with E-state index >= 15 is 0 Å². The van der Waals surface area contributed by atoms with Crippen LogP contribution in [0.1, 0.15) is 48.1 Å². The Labute approximate surface area is 147 Å². The standard InChI is InChI=1S/C20H23N3O2/c1-13-9-10-21-18(11-13)23-20(25)19(24)22-14(2)16-8-7-15-5-3-4-6-17(15)12-16/h7-12,14H,3-6H2,1-2H3,(H,22,24)(H,21,23,25). The highest BCUT2D eigenvalue weighted by Gasteiger charge is 2.19. The minimum atomic E-state index is -0.706. The summed E-state index contributed by atoms with van der Waals surface area (Å²) in [5.41, 5.74) is 4.75. The minimum Gasteiger partial charge on any atom is -0.341 e. The molecule has 0 bridgehead atoms. The number of rotatable bonds is 3. The van der Waals surface area contributed by atoms with Gasteiger partial charge < -0.3 is 10.6 Å². The lowest BCUT2D eigenvalue weighted by Gasteiger charge is -2.20. The number of nitrogens with zero attached hydrogens (tertiary/aromatic N) is 1. The van der Waals surface area contributed by atoms with Crippen LogP contribution in [0, 0.1) is 6.92 Å². The van der Waals surface area contributed by atoms with Crippen molar-refractivity contribution in [1.82, 2.24) is 10.3 Å². The Morgan fingerprint density at radius 1 is 1.04 bits per heavy atom. The third kappa shape index (κ3) is 4.24. The van der Waals surface area contributed by atoms with E-state index in [-0.39, 0.29) is 6.04 Å². The molecule has 2 aromatic rings. The number of pyridine rings is 1. The fourth-order valence-corrected chi connectivity index (χ4v) is 3.15. The van der Waals surface area contributed by atoms with Gasteiger partial charge in [-0.1, -0.05) is 18.2 Å². The molecule has 1 atom stereocenters. The first-order valence-electron chi connectivity index (χ1n) is 8.69. The number of amides is 2. The number of aromatic nitrogens is 1. The summed E-state index contributed by atoms with van der Waals surface area (Å²) >= 11 is 0. The van der Waals surface area contributed by atoms with E-state index in [9.17, 15) is 9.59 Å². The molecule has 25 heavy (non-hydrogen) atoms. The van der Waals surface area contributed by atoms with Crippen molar-refractivity contribution in [3.63, 3.8) is 0 Å². The molecule has 0 spiro atoms. The molecular formula is C20H23N3O2. The Balaban J connectivity index is 1.62. The molecule has 1 aromatic carbocycles. The van der Waals surface area contributed by atoms with Crippen LogP contribution in [-0.4, -0.2) is 16.8 Å². The summed E-state index contributed by atoms with van der Waals surface area (Å²) in [4.78, 5) is 28.2. The van der Waals surface area contributed by atoms with Gasteiger partial charge in [0.1, 0.15) is 5.82 Å². The molecule has 130 valence electrons. The number of aryl methyl sites for hydroxylation is 3. The Bertz CT molecular complexity index is 801. The first-order valence-corrected chi connectivity index (χ1v) is 8.69. The van der Waals surface area contributed by atoms with Gasteiger partial charge >= 0.3 is 11.8 Å². The quantitative estimate of drug-likeness (QED) is 0.846. The summed E-state index contributed by atoms with van der Waals surface area (Å²) in [5, 5.41) is 5.29. The number of hydrogen-bond acceptors (Lipinski definition) is 3. The zero-order valence-electron chi connectivity index (χ0n) is 14.6. The number of hydrogen-bond donors (Lipinski definition) is 2. The number of nitrogens with one attached hydrogen (secondary N) is 2. The van der Waals surface area contributed by atoms with E-state index in [4.69, 9.17) is 0 Å². The number of benzene rings is 1. The molecule has 5 heteroatoms. The maximum atomic E-state index is 12.2. The summed E-state index contributed by atoms with van der Waals surface area (Å²) < 4.78 is 0. The molecule has 0 fully saturated rings. The molecular weight excluding hydrogens is 314 g/mol. The van der Waals surface area contributed by atoms with E-state index in [0.29, 0.717) is 5.82 Å². The van der Waals surface area contributed by atoms with E-state index in [1.165, 1.54) is 24.0 Å². The maximum Gasteiger partial charge on any atom is 0.314 e. The van der Waals surface area contributed by atoms with Crippen LogP contribution in [0.15, 0.2) is 36.5 Å². The fourth-order valence-electron chi connectivity index (χ4n) is 3.15. The Morgan fingerprint density at radius 3 is 2.56 bits per heavy atom. The van der Waals surface area contributed by atoms with E-state index in [2.05, 4.69) is 27.8 Å². The lowest BCUT2D eigenvalue weighted by molar-refractivity contribution is -0.136. The highest BCUT2D eigenvalue weighted by Crippen LogP contribution is 2.24. The summed E-state index contributed by atoms with van der Waals surface area (Å²) in [6.45, 7) is 3.79. The lowest BCUT2D eigenvalue weighted by Crippen LogP contribution is -2.37. The number of carbonyl (C=O) groups excluding carboxylic acids is 2. The van der Waals surface area contributed by atoms with Gasteiger partial charge in [-0.25, -0.2) is 4.98 Å². The minimum absolute atomic E-state index is 0.226. The van der Waals surface area contributed by atoms with Crippen LogP contribution in [-0.2, 0) is 22.4 Å². The molecule has 2 amide bonds. The van der Waals surface area contributed by atoms with Gasteiger partial charge in [0.2, 0.25) is 0 Å². The number of carbonyl (C=O) groups is 2. The van der Waals surface area contributed by atoms with Crippen molar-refractivity contribution in [3.05, 3.63) is 58.8 Å². The van der Waals surface area contributed by atoms with Gasteiger partial charge in [-0.2, -0.15) is 0 Å². The molecule has 0 saturated heterocycles. The molecule has 0 saturated carbocycles. The maximum absolute atomic E-state index is 12.2. The van der Waals surface area contributed by atoms with Gasteiger partial charge in [-0.3, -0.25) is 9.59 Å². The van der Waals surface area contributed by atoms with Gasteiger partial charge in [0.15, 0.2) is 0 Å². The van der Waals surface area contributed by atoms with Crippen molar-refractivity contribution in [1.29, 1.82) is 0 Å². The second-order valence-electron chi connectivity index (χ2n) is 6.60. The number of fused-ring (bicyclic) bond motifs is 1. The van der Waals surface area contributed by atoms with Crippen molar-refractivity contribution < 1.29 is 9.59 Å². The van der Waals surface area contributed by atoms with Crippen LogP contribution in [0.4, 0.5) is 5.82 Å². The predicted molar refractivity (Wildman–Crippen MR) is 97.2 cm³/mol. The highest BCUT2D eigenvalue weighted by molar-refractivity contribution is 6.39. The molecule has 1 aliphatic rings. The van der Waals surface area contributed by atoms with Crippen LogP contribution in [0.5, 0.6) is 0 Å². The second kappa shape index (κ2) is 7.47. The molecule has 0 aliphatic heterocycles. The molecule has 1 aromatic heterocycles. The normalized spacial score (nSPS) is 14.3. The Hall–Kier alpha value is -2.69. The first kappa shape index (κ1) is 17.1. The van der Waals surface area contributed by atoms with Crippen molar-refractivity contribution in [2.24, 2.45) is 0 Å². The van der Waals surface area contributed by atoms with Crippen molar-refractivity contribution >= 4 is 17.6 Å². The molecule has 3 rings (SSSR count). The van der Waals surface area contributed by atoms with E-state index in [0.717, 1.165) is 24.0 Å². The average Bonchev–Trinajstić information content (AvgIpc) is 2.61. The molecule has 1 aliphatic carbocycles. The van der Waals surface area contributed by atoms with Crippen molar-refractivity contribution in [2.75, 3.05) is 5.32 Å². The zero-order valence-corrected chi connectivity index (χ0v) is 14.6. The number of anilines is 1. The van der Waals surface area contributed by atoms with Crippen LogP contribution in [0.3, 0.4) is 0 Å². The van der Waals surface area contributed by atoms with E-state index < -0.39 is 11.8 Å². The lowest BCUT2D eigenvalue weighted by atomic mass is 9.89. The summed E-state index contributed by atoms with van der Waals surface area (Å²) in [6.07, 6.45) is 6.26. The smallest absolute Gasteiger partial charge is 0.314 e. The SMILES string of the molecule is Cc1ccnc(NC(=O)C(=O)NC(C)c2ccc3c(c2)CCCC3)c1. The third-order valence-electron chi connectivity index (χ3n) is 4.58. The highest BCUT2D eigenvalue weighted by atomic mass is 16.2. The zero-order chi connectivity index (χ0) is 17.8. The first-order chi connectivity index (χ1) is 12.0. The van der Waals surface area contributed by atoms with Gasteiger partial charge in [0, 0.05) is 6.20 Å². The predicted octanol–water partition coefficient (Wildman–Crippen LogP) is 3.08. The molecule has 1 unspecified atom stereocenters. The molecule has 0 radical (unpaired) electrons. The molecule has 5 nitrogen and oxygen atoms in total. The van der Waals surface area contributed by atoms with Gasteiger partial charge in [0.05, 0.1) is 6.04 Å². The summed E-state index contributed by atoms with van der Waals surface area (Å²) in [5.74, 6) is -0.988. The summed E-state index contributed by atoms with van der Waals surface area (Å²) in [6, 6.07) is 9.65. The van der Waals surface area contributed by atoms with Crippen LogP contribution < -0.4 is 10.6 Å². The van der Waals surface area contributed by atoms with Gasteiger partial charge in [-0.05, 0) is 73.9 Å². The van der Waals surface area contributed by atoms with Crippen LogP contribution >= 0.6 is 0 Å². The average molecular weight is 337 g/mol. The Kier molecular flexibility index (Phi) is 5.12. The van der Waals surface area contributed by atoms with Gasteiger partial charge in [0.25, 0.3) is 0 Å². The third-order valence-corrected chi connectivity index (χ3v) is 4.58.